The van der Waals surface area contributed by atoms with E-state index in [0.717, 1.165) is 4.88 Å². The van der Waals surface area contributed by atoms with E-state index in [9.17, 15) is 9.59 Å². The fourth-order valence-electron chi connectivity index (χ4n) is 2.31. The largest absolute Gasteiger partial charge is 0.497 e. The normalized spacial score (nSPS) is 10.4. The number of benzene rings is 1. The van der Waals surface area contributed by atoms with E-state index < -0.39 is 5.97 Å². The summed E-state index contributed by atoms with van der Waals surface area (Å²) < 4.78 is 10.6. The molecule has 0 bridgehead atoms. The Morgan fingerprint density at radius 2 is 1.81 bits per heavy atom. The van der Waals surface area contributed by atoms with Crippen LogP contribution >= 0.6 is 34.3 Å². The summed E-state index contributed by atoms with van der Waals surface area (Å²) in [5.74, 6) is -0.184. The lowest BCUT2D eigenvalue weighted by molar-refractivity contribution is 0.0603. The van der Waals surface area contributed by atoms with Gasteiger partial charge in [0.2, 0.25) is 0 Å². The Bertz CT molecular complexity index is 947. The van der Waals surface area contributed by atoms with Gasteiger partial charge in [0.1, 0.15) is 16.3 Å². The van der Waals surface area contributed by atoms with Crippen LogP contribution in [0, 0.1) is 0 Å². The number of methoxy groups -OCH3 is 2. The van der Waals surface area contributed by atoms with E-state index in [4.69, 9.17) is 21.1 Å². The number of amides is 1. The van der Waals surface area contributed by atoms with Crippen LogP contribution in [-0.4, -0.2) is 26.1 Å². The summed E-state index contributed by atoms with van der Waals surface area (Å²) in [6.07, 6.45) is 0. The number of thiophene rings is 2. The van der Waals surface area contributed by atoms with Crippen molar-refractivity contribution in [3.63, 3.8) is 0 Å². The molecule has 2 heterocycles. The molecule has 5 nitrogen and oxygen atoms in total. The van der Waals surface area contributed by atoms with Crippen molar-refractivity contribution in [1.82, 2.24) is 0 Å². The van der Waals surface area contributed by atoms with Gasteiger partial charge in [-0.1, -0.05) is 11.6 Å². The van der Waals surface area contributed by atoms with Gasteiger partial charge in [-0.3, -0.25) is 4.79 Å². The molecule has 26 heavy (non-hydrogen) atoms. The number of carbonyl (C=O) groups excluding carboxylic acids is 2. The highest BCUT2D eigenvalue weighted by atomic mass is 35.5. The Morgan fingerprint density at radius 3 is 2.38 bits per heavy atom. The molecule has 1 amide bonds. The first kappa shape index (κ1) is 18.4. The van der Waals surface area contributed by atoms with Crippen molar-refractivity contribution in [2.75, 3.05) is 19.5 Å². The third-order valence-electron chi connectivity index (χ3n) is 3.60. The highest BCUT2D eigenvalue weighted by Crippen LogP contribution is 2.40. The summed E-state index contributed by atoms with van der Waals surface area (Å²) in [6, 6.07) is 10.3. The van der Waals surface area contributed by atoms with Gasteiger partial charge in [-0.2, -0.15) is 0 Å². The predicted octanol–water partition coefficient (Wildman–Crippen LogP) is 5.18. The Morgan fingerprint density at radius 1 is 1.08 bits per heavy atom. The lowest BCUT2D eigenvalue weighted by Crippen LogP contribution is -2.14. The van der Waals surface area contributed by atoms with Gasteiger partial charge in [0, 0.05) is 21.4 Å². The number of ether oxygens (including phenoxy) is 2. The first-order valence-corrected chi connectivity index (χ1v) is 9.51. The third kappa shape index (κ3) is 3.75. The lowest BCUT2D eigenvalue weighted by Gasteiger charge is -2.07. The molecule has 3 aromatic rings. The molecule has 134 valence electrons. The van der Waals surface area contributed by atoms with Crippen molar-refractivity contribution in [3.8, 4) is 16.2 Å². The van der Waals surface area contributed by atoms with E-state index in [1.165, 1.54) is 29.8 Å². The smallest absolute Gasteiger partial charge is 0.341 e. The van der Waals surface area contributed by atoms with E-state index in [-0.39, 0.29) is 5.91 Å². The van der Waals surface area contributed by atoms with Crippen LogP contribution in [0.5, 0.6) is 5.75 Å². The number of halogens is 1. The molecule has 0 aliphatic heterocycles. The standard InChI is InChI=1S/C18H14ClNO4S2/c1-23-11-5-3-10(4-6-11)16(21)20-17-15(18(22)24-2)12(9-25-17)13-7-8-14(19)26-13/h3-9H,1-2H3,(H,20,21). The summed E-state index contributed by atoms with van der Waals surface area (Å²) in [5, 5.41) is 5.02. The molecule has 1 N–H and O–H groups in total. The monoisotopic (exact) mass is 407 g/mol. The van der Waals surface area contributed by atoms with Crippen LogP contribution in [0.2, 0.25) is 4.34 Å². The number of esters is 1. The highest BCUT2D eigenvalue weighted by Gasteiger charge is 2.23. The molecule has 8 heteroatoms. The first-order valence-electron chi connectivity index (χ1n) is 7.44. The Labute approximate surface area is 163 Å². The maximum atomic E-state index is 12.5. The summed E-state index contributed by atoms with van der Waals surface area (Å²) >= 11 is 8.61. The van der Waals surface area contributed by atoms with Crippen LogP contribution in [0.1, 0.15) is 20.7 Å². The maximum absolute atomic E-state index is 12.5. The van der Waals surface area contributed by atoms with Crippen LogP contribution < -0.4 is 10.1 Å². The number of hydrogen-bond acceptors (Lipinski definition) is 6. The van der Waals surface area contributed by atoms with Crippen LogP contribution in [0.4, 0.5) is 5.00 Å². The zero-order chi connectivity index (χ0) is 18.7. The molecule has 0 atom stereocenters. The van der Waals surface area contributed by atoms with Gasteiger partial charge in [-0.05, 0) is 36.4 Å². The molecule has 0 aliphatic carbocycles. The van der Waals surface area contributed by atoms with Gasteiger partial charge in [0.05, 0.1) is 18.6 Å². The minimum Gasteiger partial charge on any atom is -0.497 e. The number of anilines is 1. The van der Waals surface area contributed by atoms with Crippen molar-refractivity contribution in [3.05, 3.63) is 57.2 Å². The topological polar surface area (TPSA) is 64.6 Å². The highest BCUT2D eigenvalue weighted by molar-refractivity contribution is 7.20. The summed E-state index contributed by atoms with van der Waals surface area (Å²) in [5.41, 5.74) is 1.46. The van der Waals surface area contributed by atoms with Gasteiger partial charge in [0.15, 0.2) is 0 Å². The lowest BCUT2D eigenvalue weighted by atomic mass is 10.1. The Hall–Kier alpha value is -2.35. The number of rotatable bonds is 5. The minimum absolute atomic E-state index is 0.317. The quantitative estimate of drug-likeness (QED) is 0.592. The second kappa shape index (κ2) is 7.90. The Kier molecular flexibility index (Phi) is 5.61. The molecular formula is C18H14ClNO4S2. The average molecular weight is 408 g/mol. The molecule has 0 spiro atoms. The minimum atomic E-state index is -0.518. The van der Waals surface area contributed by atoms with Gasteiger partial charge in [0.25, 0.3) is 5.91 Å². The number of hydrogen-bond donors (Lipinski definition) is 1. The van der Waals surface area contributed by atoms with Crippen LogP contribution in [0.3, 0.4) is 0 Å². The average Bonchev–Trinajstić information content (AvgIpc) is 3.27. The zero-order valence-electron chi connectivity index (χ0n) is 13.9. The molecule has 3 rings (SSSR count). The van der Waals surface area contributed by atoms with Gasteiger partial charge in [-0.15, -0.1) is 22.7 Å². The van der Waals surface area contributed by atoms with Crippen molar-refractivity contribution < 1.29 is 19.1 Å². The van der Waals surface area contributed by atoms with Crippen LogP contribution in [0.15, 0.2) is 41.8 Å². The molecule has 1 aromatic carbocycles. The van der Waals surface area contributed by atoms with E-state index in [1.54, 1.807) is 42.8 Å². The second-order valence-corrected chi connectivity index (χ2v) is 7.73. The van der Waals surface area contributed by atoms with Crippen LogP contribution in [-0.2, 0) is 4.74 Å². The van der Waals surface area contributed by atoms with Crippen molar-refractivity contribution in [2.24, 2.45) is 0 Å². The van der Waals surface area contributed by atoms with Crippen molar-refractivity contribution >= 4 is 51.2 Å². The SMILES string of the molecule is COC(=O)c1c(-c2ccc(Cl)s2)csc1NC(=O)c1ccc(OC)cc1. The molecular weight excluding hydrogens is 394 g/mol. The van der Waals surface area contributed by atoms with Crippen LogP contribution in [0.25, 0.3) is 10.4 Å². The molecule has 0 radical (unpaired) electrons. The molecule has 0 fully saturated rings. The van der Waals surface area contributed by atoms with E-state index >= 15 is 0 Å². The summed E-state index contributed by atoms with van der Waals surface area (Å²) in [4.78, 5) is 25.6. The summed E-state index contributed by atoms with van der Waals surface area (Å²) in [6.45, 7) is 0. The predicted molar refractivity (Wildman–Crippen MR) is 105 cm³/mol. The van der Waals surface area contributed by atoms with Crippen molar-refractivity contribution in [1.29, 1.82) is 0 Å². The fourth-order valence-corrected chi connectivity index (χ4v) is 4.40. The first-order chi connectivity index (χ1) is 12.5. The van der Waals surface area contributed by atoms with Gasteiger partial charge in [-0.25, -0.2) is 4.79 Å². The molecule has 2 aromatic heterocycles. The zero-order valence-corrected chi connectivity index (χ0v) is 16.3. The molecule has 0 saturated carbocycles. The summed E-state index contributed by atoms with van der Waals surface area (Å²) in [7, 11) is 2.86. The molecule has 0 aliphatic rings. The van der Waals surface area contributed by atoms with Gasteiger partial charge >= 0.3 is 5.97 Å². The van der Waals surface area contributed by atoms with E-state index in [0.29, 0.717) is 31.8 Å². The van der Waals surface area contributed by atoms with E-state index in [2.05, 4.69) is 5.32 Å². The van der Waals surface area contributed by atoms with Crippen molar-refractivity contribution in [2.45, 2.75) is 0 Å². The Balaban J connectivity index is 1.92. The fraction of sp³-hybridized carbons (Fsp3) is 0.111. The van der Waals surface area contributed by atoms with E-state index in [1.807, 2.05) is 6.07 Å². The number of nitrogens with one attached hydrogen (secondary N) is 1. The second-order valence-electron chi connectivity index (χ2n) is 5.13. The number of carbonyl (C=O) groups is 2. The maximum Gasteiger partial charge on any atom is 0.341 e. The molecule has 0 saturated heterocycles. The van der Waals surface area contributed by atoms with Gasteiger partial charge < -0.3 is 14.8 Å². The molecule has 0 unspecified atom stereocenters. The third-order valence-corrected chi connectivity index (χ3v) is 5.76.